The van der Waals surface area contributed by atoms with Crippen LogP contribution in [0.25, 0.3) is 10.9 Å². The van der Waals surface area contributed by atoms with Crippen molar-refractivity contribution < 1.29 is 13.2 Å². The molecule has 4 fully saturated rings. The Labute approximate surface area is 178 Å². The normalized spacial score (nSPS) is 30.7. The molecule has 5 nitrogen and oxygen atoms in total. The first-order valence-electron chi connectivity index (χ1n) is 11.1. The average Bonchev–Trinajstić information content (AvgIpc) is 2.68. The molecule has 0 amide bonds. The predicted molar refractivity (Wildman–Crippen MR) is 116 cm³/mol. The highest BCUT2D eigenvalue weighted by molar-refractivity contribution is 7.89. The van der Waals surface area contributed by atoms with Gasteiger partial charge in [-0.2, -0.15) is 4.72 Å². The lowest BCUT2D eigenvalue weighted by Gasteiger charge is -2.54. The van der Waals surface area contributed by atoms with Crippen molar-refractivity contribution in [2.24, 2.45) is 29.6 Å². The number of pyridine rings is 1. The van der Waals surface area contributed by atoms with Crippen LogP contribution in [0.2, 0.25) is 0 Å². The summed E-state index contributed by atoms with van der Waals surface area (Å²) in [6.45, 7) is 3.39. The van der Waals surface area contributed by atoms with Gasteiger partial charge in [0.1, 0.15) is 4.90 Å². The zero-order valence-corrected chi connectivity index (χ0v) is 18.5. The van der Waals surface area contributed by atoms with Gasteiger partial charge in [0.05, 0.1) is 11.1 Å². The maximum Gasteiger partial charge on any atom is 0.243 e. The Hall–Kier alpha value is -1.79. The summed E-state index contributed by atoms with van der Waals surface area (Å²) in [6.07, 6.45) is 8.51. The molecule has 6 rings (SSSR count). The highest BCUT2D eigenvalue weighted by atomic mass is 32.2. The third-order valence-corrected chi connectivity index (χ3v) is 9.50. The van der Waals surface area contributed by atoms with Crippen LogP contribution < -0.4 is 4.72 Å². The SMILES string of the molecule is CC(C)(NS(=O)(=O)c1cccc2cccnc12)C(=O)CC1C2CC3CC(C2)CC1C3. The fraction of sp³-hybridized carbons (Fsp3) is 0.583. The first kappa shape index (κ1) is 20.1. The van der Waals surface area contributed by atoms with E-state index in [1.54, 1.807) is 38.2 Å². The summed E-state index contributed by atoms with van der Waals surface area (Å²) in [5.41, 5.74) is -0.721. The van der Waals surface area contributed by atoms with Gasteiger partial charge in [-0.3, -0.25) is 9.78 Å². The molecule has 0 saturated heterocycles. The number of Topliss-reactive ketones (excluding diaryl/α,β-unsaturated/α-hetero) is 1. The van der Waals surface area contributed by atoms with E-state index in [4.69, 9.17) is 0 Å². The van der Waals surface area contributed by atoms with E-state index >= 15 is 0 Å². The Morgan fingerprint density at radius 2 is 1.67 bits per heavy atom. The number of carbonyl (C=O) groups excluding carboxylic acids is 1. The van der Waals surface area contributed by atoms with Crippen LogP contribution in [-0.4, -0.2) is 24.7 Å². The number of nitrogens with zero attached hydrogens (tertiary/aromatic N) is 1. The molecule has 6 heteroatoms. The fourth-order valence-corrected chi connectivity index (χ4v) is 8.16. The van der Waals surface area contributed by atoms with Gasteiger partial charge in [0.15, 0.2) is 5.78 Å². The Kier molecular flexibility index (Phi) is 4.78. The monoisotopic (exact) mass is 426 g/mol. The van der Waals surface area contributed by atoms with Crippen molar-refractivity contribution in [3.63, 3.8) is 0 Å². The number of sulfonamides is 1. The zero-order chi connectivity index (χ0) is 21.1. The van der Waals surface area contributed by atoms with Crippen molar-refractivity contribution >= 4 is 26.7 Å². The van der Waals surface area contributed by atoms with Crippen LogP contribution >= 0.6 is 0 Å². The third-order valence-electron chi connectivity index (χ3n) is 7.81. The number of nitrogens with one attached hydrogen (secondary N) is 1. The van der Waals surface area contributed by atoms with Gasteiger partial charge in [-0.25, -0.2) is 8.42 Å². The van der Waals surface area contributed by atoms with Gasteiger partial charge in [0, 0.05) is 18.0 Å². The van der Waals surface area contributed by atoms with Gasteiger partial charge in [0.25, 0.3) is 0 Å². The van der Waals surface area contributed by atoms with Crippen LogP contribution in [0.15, 0.2) is 41.4 Å². The van der Waals surface area contributed by atoms with E-state index in [0.29, 0.717) is 29.7 Å². The molecule has 1 heterocycles. The minimum Gasteiger partial charge on any atom is -0.298 e. The first-order chi connectivity index (χ1) is 14.2. The predicted octanol–water partition coefficient (Wildman–Crippen LogP) is 4.32. The highest BCUT2D eigenvalue weighted by Crippen LogP contribution is 2.57. The van der Waals surface area contributed by atoms with E-state index in [9.17, 15) is 13.2 Å². The van der Waals surface area contributed by atoms with E-state index in [2.05, 4.69) is 9.71 Å². The number of hydrogen-bond donors (Lipinski definition) is 1. The van der Waals surface area contributed by atoms with Crippen LogP contribution in [0.4, 0.5) is 0 Å². The molecule has 4 bridgehead atoms. The highest BCUT2D eigenvalue weighted by Gasteiger charge is 2.49. The Bertz CT molecular complexity index is 1060. The van der Waals surface area contributed by atoms with Gasteiger partial charge >= 0.3 is 0 Å². The molecule has 0 atom stereocenters. The molecule has 4 saturated carbocycles. The second-order valence-corrected chi connectivity index (χ2v) is 11.9. The van der Waals surface area contributed by atoms with Gasteiger partial charge in [-0.1, -0.05) is 18.2 Å². The van der Waals surface area contributed by atoms with E-state index in [0.717, 1.165) is 17.2 Å². The van der Waals surface area contributed by atoms with Gasteiger partial charge in [-0.15, -0.1) is 0 Å². The summed E-state index contributed by atoms with van der Waals surface area (Å²) in [5, 5.41) is 0.762. The summed E-state index contributed by atoms with van der Waals surface area (Å²) in [7, 11) is -3.88. The molecule has 0 unspecified atom stereocenters. The minimum atomic E-state index is -3.88. The summed E-state index contributed by atoms with van der Waals surface area (Å²) in [4.78, 5) is 17.7. The number of para-hydroxylation sites is 1. The van der Waals surface area contributed by atoms with Crippen molar-refractivity contribution in [2.45, 2.75) is 62.8 Å². The molecule has 0 aliphatic heterocycles. The Morgan fingerprint density at radius 3 is 2.33 bits per heavy atom. The first-order valence-corrected chi connectivity index (χ1v) is 12.6. The topological polar surface area (TPSA) is 76.1 Å². The summed E-state index contributed by atoms with van der Waals surface area (Å²) >= 11 is 0. The lowest BCUT2D eigenvalue weighted by atomic mass is 9.51. The summed E-state index contributed by atoms with van der Waals surface area (Å²) < 4.78 is 29.1. The minimum absolute atomic E-state index is 0.00301. The number of hydrogen-bond acceptors (Lipinski definition) is 4. The molecule has 0 radical (unpaired) electrons. The van der Waals surface area contributed by atoms with Gasteiger partial charge in [0.2, 0.25) is 10.0 Å². The van der Waals surface area contributed by atoms with Crippen LogP contribution in [0.3, 0.4) is 0 Å². The van der Waals surface area contributed by atoms with Crippen molar-refractivity contribution in [2.75, 3.05) is 0 Å². The number of aromatic nitrogens is 1. The molecule has 30 heavy (non-hydrogen) atoms. The molecular formula is C24H30N2O3S. The van der Waals surface area contributed by atoms with E-state index in [1.165, 1.54) is 32.1 Å². The van der Waals surface area contributed by atoms with Crippen LogP contribution in [-0.2, 0) is 14.8 Å². The largest absolute Gasteiger partial charge is 0.298 e. The van der Waals surface area contributed by atoms with Crippen molar-refractivity contribution in [3.05, 3.63) is 36.5 Å². The number of ketones is 1. The van der Waals surface area contributed by atoms with Crippen LogP contribution in [0, 0.1) is 29.6 Å². The summed E-state index contributed by atoms with van der Waals surface area (Å²) in [6, 6.07) is 8.72. The smallest absolute Gasteiger partial charge is 0.243 e. The number of carbonyl (C=O) groups is 1. The molecule has 0 spiro atoms. The molecule has 1 aromatic carbocycles. The average molecular weight is 427 g/mol. The molecule has 4 aliphatic rings. The third kappa shape index (κ3) is 3.48. The summed E-state index contributed by atoms with van der Waals surface area (Å²) in [5.74, 6) is 3.46. The second-order valence-electron chi connectivity index (χ2n) is 10.3. The van der Waals surface area contributed by atoms with Crippen LogP contribution in [0.1, 0.15) is 52.4 Å². The lowest BCUT2D eigenvalue weighted by Crippen LogP contribution is -2.52. The molecule has 4 aliphatic carbocycles. The fourth-order valence-electron chi connectivity index (χ4n) is 6.58. The number of fused-ring (bicyclic) bond motifs is 1. The lowest BCUT2D eigenvalue weighted by molar-refractivity contribution is -0.128. The molecule has 1 N–H and O–H groups in total. The molecule has 160 valence electrons. The molecular weight excluding hydrogens is 396 g/mol. The van der Waals surface area contributed by atoms with Crippen molar-refractivity contribution in [3.8, 4) is 0 Å². The van der Waals surface area contributed by atoms with Crippen molar-refractivity contribution in [1.29, 1.82) is 0 Å². The maximum atomic E-state index is 13.3. The quantitative estimate of drug-likeness (QED) is 0.746. The maximum absolute atomic E-state index is 13.3. The number of benzene rings is 1. The molecule has 1 aromatic heterocycles. The number of rotatable bonds is 6. The van der Waals surface area contributed by atoms with E-state index in [-0.39, 0.29) is 10.7 Å². The van der Waals surface area contributed by atoms with Crippen LogP contribution in [0.5, 0.6) is 0 Å². The van der Waals surface area contributed by atoms with Gasteiger partial charge in [-0.05, 0) is 87.7 Å². The van der Waals surface area contributed by atoms with Gasteiger partial charge < -0.3 is 0 Å². The van der Waals surface area contributed by atoms with Crippen molar-refractivity contribution in [1.82, 2.24) is 9.71 Å². The standard InChI is InChI=1S/C24H30N2O3S/c1-24(2,22(27)14-20-18-10-15-9-16(12-18)13-19(20)11-15)26-30(28,29)21-7-3-5-17-6-4-8-25-23(17)21/h3-8,15-16,18-20,26H,9-14H2,1-2H3. The second kappa shape index (κ2) is 7.13. The zero-order valence-electron chi connectivity index (χ0n) is 17.7. The molecule has 2 aromatic rings. The van der Waals surface area contributed by atoms with E-state index < -0.39 is 15.6 Å². The van der Waals surface area contributed by atoms with E-state index in [1.807, 2.05) is 12.1 Å². The Balaban J connectivity index is 1.35. The Morgan fingerprint density at radius 1 is 1.03 bits per heavy atom.